The Hall–Kier alpha value is -1.79. The molecule has 0 spiro atoms. The van der Waals surface area contributed by atoms with Gasteiger partial charge in [0.1, 0.15) is 5.82 Å². The number of alkyl halides is 3. The highest BCUT2D eigenvalue weighted by Gasteiger charge is 2.32. The van der Waals surface area contributed by atoms with Gasteiger partial charge in [-0.05, 0) is 18.9 Å². The Kier molecular flexibility index (Phi) is 2.26. The number of aromatic nitrogens is 3. The molecule has 1 fully saturated rings. The molecule has 2 aromatic rings. The van der Waals surface area contributed by atoms with Crippen molar-refractivity contribution in [3.63, 3.8) is 0 Å². The number of nitrogens with zero attached hydrogens (tertiary/aromatic N) is 2. The quantitative estimate of drug-likeness (QED) is 0.852. The van der Waals surface area contributed by atoms with Gasteiger partial charge >= 0.3 is 6.18 Å². The van der Waals surface area contributed by atoms with E-state index in [1.54, 1.807) is 0 Å². The molecule has 3 rings (SSSR count). The molecule has 1 N–H and O–H groups in total. The minimum atomic E-state index is -4.52. The minimum Gasteiger partial charge on any atom is -0.276 e. The summed E-state index contributed by atoms with van der Waals surface area (Å²) in [4.78, 5) is 15.7. The number of hydrogen-bond acceptors (Lipinski definition) is 2. The Morgan fingerprint density at radius 2 is 2.06 bits per heavy atom. The Labute approximate surface area is 99.4 Å². The normalized spacial score (nSPS) is 17.1. The molecule has 0 saturated heterocycles. The van der Waals surface area contributed by atoms with Crippen LogP contribution in [0.25, 0.3) is 5.65 Å². The number of fused-ring (bicyclic) bond motifs is 1. The first kappa shape index (κ1) is 11.3. The summed E-state index contributed by atoms with van der Waals surface area (Å²) < 4.78 is 38.7. The summed E-state index contributed by atoms with van der Waals surface area (Å²) in [7, 11) is 0. The van der Waals surface area contributed by atoms with Crippen molar-refractivity contribution in [1.29, 1.82) is 0 Å². The highest BCUT2D eigenvalue weighted by atomic mass is 19.4. The number of H-pyrrole nitrogens is 1. The van der Waals surface area contributed by atoms with Gasteiger partial charge in [-0.25, -0.2) is 9.50 Å². The van der Waals surface area contributed by atoms with Crippen molar-refractivity contribution < 1.29 is 13.2 Å². The van der Waals surface area contributed by atoms with Crippen molar-refractivity contribution in [3.05, 3.63) is 33.9 Å². The number of pyridine rings is 1. The van der Waals surface area contributed by atoms with Crippen molar-refractivity contribution in [1.82, 2.24) is 14.6 Å². The molecular weight excluding hydrogens is 247 g/mol. The molecule has 1 saturated carbocycles. The predicted octanol–water partition coefficient (Wildman–Crippen LogP) is 2.31. The number of aromatic amines is 1. The van der Waals surface area contributed by atoms with E-state index in [2.05, 4.69) is 10.1 Å². The summed E-state index contributed by atoms with van der Waals surface area (Å²) in [5.74, 6) is 0.830. The first-order chi connectivity index (χ1) is 8.45. The lowest BCUT2D eigenvalue weighted by Crippen LogP contribution is -2.18. The third-order valence-electron chi connectivity index (χ3n) is 3.29. The van der Waals surface area contributed by atoms with Crippen LogP contribution in [0.5, 0.6) is 0 Å². The lowest BCUT2D eigenvalue weighted by atomic mass is 9.85. The lowest BCUT2D eigenvalue weighted by Gasteiger charge is -2.22. The standard InChI is InChI=1S/C11H10F3N3O/c12-11(13,14)7-4-8-15-10(6-2-1-3-6)16-17(8)9(18)5-7/h4-6H,1-3H2,(H,15,16). The van der Waals surface area contributed by atoms with E-state index in [4.69, 9.17) is 0 Å². The first-order valence-electron chi connectivity index (χ1n) is 5.65. The molecule has 18 heavy (non-hydrogen) atoms. The third kappa shape index (κ3) is 1.70. The maximum atomic E-state index is 12.6. The van der Waals surface area contributed by atoms with Crippen LogP contribution in [-0.4, -0.2) is 14.6 Å². The highest BCUT2D eigenvalue weighted by molar-refractivity contribution is 5.42. The monoisotopic (exact) mass is 257 g/mol. The second kappa shape index (κ2) is 3.60. The zero-order valence-electron chi connectivity index (χ0n) is 9.29. The summed E-state index contributed by atoms with van der Waals surface area (Å²) >= 11 is 0. The fourth-order valence-electron chi connectivity index (χ4n) is 2.04. The number of halogens is 3. The maximum Gasteiger partial charge on any atom is 0.416 e. The van der Waals surface area contributed by atoms with Gasteiger partial charge in [0.2, 0.25) is 0 Å². The van der Waals surface area contributed by atoms with Crippen LogP contribution in [0.1, 0.15) is 36.6 Å². The van der Waals surface area contributed by atoms with Crippen molar-refractivity contribution in [2.45, 2.75) is 31.4 Å². The van der Waals surface area contributed by atoms with Crippen LogP contribution in [0.15, 0.2) is 16.9 Å². The van der Waals surface area contributed by atoms with E-state index in [-0.39, 0.29) is 11.6 Å². The highest BCUT2D eigenvalue weighted by Crippen LogP contribution is 2.34. The van der Waals surface area contributed by atoms with Crippen LogP contribution in [-0.2, 0) is 6.18 Å². The van der Waals surface area contributed by atoms with Crippen LogP contribution in [0, 0.1) is 0 Å². The van der Waals surface area contributed by atoms with Crippen LogP contribution < -0.4 is 5.56 Å². The van der Waals surface area contributed by atoms with Gasteiger partial charge in [0, 0.05) is 12.0 Å². The number of hydrogen-bond donors (Lipinski definition) is 1. The Balaban J connectivity index is 2.15. The van der Waals surface area contributed by atoms with E-state index in [9.17, 15) is 18.0 Å². The van der Waals surface area contributed by atoms with Crippen LogP contribution >= 0.6 is 0 Å². The van der Waals surface area contributed by atoms with Gasteiger partial charge < -0.3 is 0 Å². The maximum absolute atomic E-state index is 12.6. The Morgan fingerprint density at radius 1 is 1.33 bits per heavy atom. The van der Waals surface area contributed by atoms with Gasteiger partial charge in [0.05, 0.1) is 5.56 Å². The largest absolute Gasteiger partial charge is 0.416 e. The SMILES string of the molecule is O=c1cc(C(F)(F)F)cc2nc(C3CCC3)[nH]n12. The van der Waals surface area contributed by atoms with Crippen LogP contribution in [0.2, 0.25) is 0 Å². The molecule has 0 aromatic carbocycles. The Morgan fingerprint density at radius 3 is 2.61 bits per heavy atom. The molecular formula is C11H10F3N3O. The summed E-state index contributed by atoms with van der Waals surface area (Å²) in [5.41, 5.74) is -1.67. The van der Waals surface area contributed by atoms with E-state index in [0.717, 1.165) is 29.8 Å². The summed E-state index contributed by atoms with van der Waals surface area (Å²) in [6, 6.07) is 1.47. The van der Waals surface area contributed by atoms with Gasteiger partial charge in [-0.1, -0.05) is 6.42 Å². The van der Waals surface area contributed by atoms with E-state index in [1.165, 1.54) is 0 Å². The zero-order chi connectivity index (χ0) is 12.9. The lowest BCUT2D eigenvalue weighted by molar-refractivity contribution is -0.137. The summed E-state index contributed by atoms with van der Waals surface area (Å²) in [6.07, 6.45) is -1.52. The molecule has 0 amide bonds. The fourth-order valence-corrected chi connectivity index (χ4v) is 2.04. The molecule has 0 aliphatic heterocycles. The molecule has 4 nitrogen and oxygen atoms in total. The Bertz CT molecular complexity index is 652. The molecule has 7 heteroatoms. The summed E-state index contributed by atoms with van der Waals surface area (Å²) in [6.45, 7) is 0. The second-order valence-corrected chi connectivity index (χ2v) is 4.51. The van der Waals surface area contributed by atoms with E-state index < -0.39 is 17.3 Å². The molecule has 0 atom stereocenters. The van der Waals surface area contributed by atoms with Crippen LogP contribution in [0.4, 0.5) is 13.2 Å². The third-order valence-corrected chi connectivity index (χ3v) is 3.29. The smallest absolute Gasteiger partial charge is 0.276 e. The van der Waals surface area contributed by atoms with Crippen molar-refractivity contribution >= 4 is 5.65 Å². The molecule has 2 aromatic heterocycles. The average molecular weight is 257 g/mol. The fraction of sp³-hybridized carbons (Fsp3) is 0.455. The van der Waals surface area contributed by atoms with E-state index in [1.807, 2.05) is 0 Å². The molecule has 0 radical (unpaired) electrons. The van der Waals surface area contributed by atoms with Gasteiger partial charge in [-0.3, -0.25) is 9.89 Å². The molecule has 0 bridgehead atoms. The van der Waals surface area contributed by atoms with Gasteiger partial charge in [-0.15, -0.1) is 0 Å². The van der Waals surface area contributed by atoms with Crippen molar-refractivity contribution in [2.75, 3.05) is 0 Å². The first-order valence-corrected chi connectivity index (χ1v) is 5.65. The molecule has 96 valence electrons. The van der Waals surface area contributed by atoms with E-state index >= 15 is 0 Å². The zero-order valence-corrected chi connectivity index (χ0v) is 9.29. The molecule has 1 aliphatic carbocycles. The molecule has 1 aliphatic rings. The van der Waals surface area contributed by atoms with Crippen molar-refractivity contribution in [3.8, 4) is 0 Å². The predicted molar refractivity (Wildman–Crippen MR) is 57.4 cm³/mol. The number of nitrogens with one attached hydrogen (secondary N) is 1. The molecule has 0 unspecified atom stereocenters. The van der Waals surface area contributed by atoms with Gasteiger partial charge in [0.25, 0.3) is 5.56 Å². The summed E-state index contributed by atoms with van der Waals surface area (Å²) in [5, 5.41) is 2.77. The minimum absolute atomic E-state index is 0.0247. The van der Waals surface area contributed by atoms with Crippen molar-refractivity contribution in [2.24, 2.45) is 0 Å². The molecule has 2 heterocycles. The van der Waals surface area contributed by atoms with Gasteiger partial charge in [0.15, 0.2) is 5.65 Å². The topological polar surface area (TPSA) is 50.2 Å². The van der Waals surface area contributed by atoms with E-state index in [0.29, 0.717) is 11.9 Å². The van der Waals surface area contributed by atoms with Gasteiger partial charge in [-0.2, -0.15) is 13.2 Å². The second-order valence-electron chi connectivity index (χ2n) is 4.51. The average Bonchev–Trinajstić information content (AvgIpc) is 2.57. The number of rotatable bonds is 1. The van der Waals surface area contributed by atoms with Crippen LogP contribution in [0.3, 0.4) is 0 Å².